The quantitative estimate of drug-likeness (QED) is 0.738. The van der Waals surface area contributed by atoms with Crippen LogP contribution in [0.4, 0.5) is 5.69 Å². The smallest absolute Gasteiger partial charge is 0.259 e. The van der Waals surface area contributed by atoms with E-state index >= 15 is 0 Å². The molecule has 0 saturated heterocycles. The zero-order chi connectivity index (χ0) is 15.6. The lowest BCUT2D eigenvalue weighted by molar-refractivity contribution is 0.102. The van der Waals surface area contributed by atoms with Crippen LogP contribution in [0.1, 0.15) is 36.7 Å². The van der Waals surface area contributed by atoms with E-state index in [1.54, 1.807) is 0 Å². The van der Waals surface area contributed by atoms with Gasteiger partial charge in [-0.1, -0.05) is 39.0 Å². The lowest BCUT2D eigenvalue weighted by atomic mass is 9.87. The highest BCUT2D eigenvalue weighted by molar-refractivity contribution is 6.06. The third-order valence-corrected chi connectivity index (χ3v) is 3.27. The van der Waals surface area contributed by atoms with Crippen molar-refractivity contribution >= 4 is 11.6 Å². The first-order valence-electron chi connectivity index (χ1n) is 6.72. The molecule has 0 aliphatic rings. The van der Waals surface area contributed by atoms with Crippen molar-refractivity contribution in [2.75, 3.05) is 5.32 Å². The van der Waals surface area contributed by atoms with Gasteiger partial charge < -0.3 is 15.5 Å². The number of anilines is 1. The Morgan fingerprint density at radius 2 is 1.62 bits per heavy atom. The van der Waals surface area contributed by atoms with Gasteiger partial charge in [-0.15, -0.1) is 0 Å². The zero-order valence-corrected chi connectivity index (χ0v) is 12.3. The molecule has 0 bridgehead atoms. The number of carbonyl (C=O) groups excluding carboxylic acids is 1. The molecule has 0 heterocycles. The predicted octanol–water partition coefficient (Wildman–Crippen LogP) is 3.65. The second-order valence-corrected chi connectivity index (χ2v) is 5.95. The van der Waals surface area contributed by atoms with E-state index in [4.69, 9.17) is 0 Å². The SMILES string of the molecule is CC(C)(C)c1ccc(NC(=O)c2cccc(O)c2O)cc1. The van der Waals surface area contributed by atoms with Crippen molar-refractivity contribution in [2.24, 2.45) is 0 Å². The zero-order valence-electron chi connectivity index (χ0n) is 12.3. The van der Waals surface area contributed by atoms with Gasteiger partial charge in [0.05, 0.1) is 5.56 Å². The monoisotopic (exact) mass is 285 g/mol. The minimum atomic E-state index is -0.466. The molecule has 0 atom stereocenters. The Balaban J connectivity index is 2.18. The molecule has 4 heteroatoms. The van der Waals surface area contributed by atoms with E-state index in [-0.39, 0.29) is 16.7 Å². The predicted molar refractivity (Wildman–Crippen MR) is 82.9 cm³/mol. The van der Waals surface area contributed by atoms with Crippen molar-refractivity contribution in [1.29, 1.82) is 0 Å². The molecule has 2 rings (SSSR count). The first-order valence-corrected chi connectivity index (χ1v) is 6.72. The largest absolute Gasteiger partial charge is 0.504 e. The average Bonchev–Trinajstić information content (AvgIpc) is 2.41. The Labute approximate surface area is 124 Å². The lowest BCUT2D eigenvalue weighted by Crippen LogP contribution is -2.13. The Kier molecular flexibility index (Phi) is 3.89. The molecule has 0 radical (unpaired) electrons. The van der Waals surface area contributed by atoms with Gasteiger partial charge in [-0.3, -0.25) is 4.79 Å². The van der Waals surface area contributed by atoms with Gasteiger partial charge in [0.2, 0.25) is 0 Å². The van der Waals surface area contributed by atoms with Gasteiger partial charge in [-0.2, -0.15) is 0 Å². The first kappa shape index (κ1) is 14.9. The van der Waals surface area contributed by atoms with Crippen LogP contribution in [0.25, 0.3) is 0 Å². The van der Waals surface area contributed by atoms with Gasteiger partial charge in [-0.25, -0.2) is 0 Å². The van der Waals surface area contributed by atoms with Crippen molar-refractivity contribution in [2.45, 2.75) is 26.2 Å². The van der Waals surface area contributed by atoms with Crippen LogP contribution in [-0.4, -0.2) is 16.1 Å². The number of phenolic OH excluding ortho intramolecular Hbond substituents is 2. The molecule has 110 valence electrons. The fourth-order valence-electron chi connectivity index (χ4n) is 1.97. The van der Waals surface area contributed by atoms with E-state index in [1.807, 2.05) is 24.3 Å². The summed E-state index contributed by atoms with van der Waals surface area (Å²) < 4.78 is 0. The summed E-state index contributed by atoms with van der Waals surface area (Å²) in [5, 5.41) is 21.8. The second kappa shape index (κ2) is 5.48. The Hall–Kier alpha value is -2.49. The summed E-state index contributed by atoms with van der Waals surface area (Å²) in [7, 11) is 0. The normalized spacial score (nSPS) is 11.2. The van der Waals surface area contributed by atoms with Gasteiger partial charge in [0.1, 0.15) is 0 Å². The summed E-state index contributed by atoms with van der Waals surface area (Å²) in [6.45, 7) is 6.35. The van der Waals surface area contributed by atoms with Crippen molar-refractivity contribution in [3.8, 4) is 11.5 Å². The van der Waals surface area contributed by atoms with E-state index in [0.717, 1.165) is 0 Å². The third kappa shape index (κ3) is 3.34. The van der Waals surface area contributed by atoms with Gasteiger partial charge >= 0.3 is 0 Å². The van der Waals surface area contributed by atoms with Gasteiger partial charge in [0.15, 0.2) is 11.5 Å². The second-order valence-electron chi connectivity index (χ2n) is 5.95. The average molecular weight is 285 g/mol. The minimum absolute atomic E-state index is 0.0369. The number of hydrogen-bond donors (Lipinski definition) is 3. The third-order valence-electron chi connectivity index (χ3n) is 3.27. The summed E-state index contributed by atoms with van der Waals surface area (Å²) in [5.74, 6) is -1.20. The van der Waals surface area contributed by atoms with Crippen LogP contribution in [0.2, 0.25) is 0 Å². The number of hydrogen-bond acceptors (Lipinski definition) is 3. The van der Waals surface area contributed by atoms with E-state index in [0.29, 0.717) is 5.69 Å². The molecule has 0 fully saturated rings. The number of amides is 1. The van der Waals surface area contributed by atoms with Crippen LogP contribution >= 0.6 is 0 Å². The summed E-state index contributed by atoms with van der Waals surface area (Å²) >= 11 is 0. The van der Waals surface area contributed by atoms with E-state index in [1.165, 1.54) is 23.8 Å². The maximum atomic E-state index is 12.1. The number of nitrogens with one attached hydrogen (secondary N) is 1. The molecule has 1 amide bonds. The molecule has 0 aliphatic heterocycles. The fraction of sp³-hybridized carbons (Fsp3) is 0.235. The number of phenols is 2. The molecule has 3 N–H and O–H groups in total. The number of aromatic hydroxyl groups is 2. The highest BCUT2D eigenvalue weighted by atomic mass is 16.3. The number of benzene rings is 2. The fourth-order valence-corrected chi connectivity index (χ4v) is 1.97. The minimum Gasteiger partial charge on any atom is -0.504 e. The van der Waals surface area contributed by atoms with Crippen molar-refractivity contribution in [3.05, 3.63) is 53.6 Å². The van der Waals surface area contributed by atoms with Crippen LogP contribution < -0.4 is 5.32 Å². The van der Waals surface area contributed by atoms with Crippen LogP contribution in [0, 0.1) is 0 Å². The summed E-state index contributed by atoms with van der Waals surface area (Å²) in [4.78, 5) is 12.1. The molecule has 2 aromatic carbocycles. The van der Waals surface area contributed by atoms with Crippen molar-refractivity contribution < 1.29 is 15.0 Å². The highest BCUT2D eigenvalue weighted by Gasteiger charge is 2.15. The van der Waals surface area contributed by atoms with Gasteiger partial charge in [0, 0.05) is 5.69 Å². The van der Waals surface area contributed by atoms with E-state index < -0.39 is 11.7 Å². The molecule has 21 heavy (non-hydrogen) atoms. The number of carbonyl (C=O) groups is 1. The van der Waals surface area contributed by atoms with Crippen LogP contribution in [0.15, 0.2) is 42.5 Å². The van der Waals surface area contributed by atoms with Crippen LogP contribution in [0.3, 0.4) is 0 Å². The molecule has 0 aliphatic carbocycles. The molecule has 0 aromatic heterocycles. The van der Waals surface area contributed by atoms with E-state index in [9.17, 15) is 15.0 Å². The molecular formula is C17H19NO3. The van der Waals surface area contributed by atoms with E-state index in [2.05, 4.69) is 26.1 Å². The summed E-state index contributed by atoms with van der Waals surface area (Å²) in [5.41, 5.74) is 1.89. The van der Waals surface area contributed by atoms with Gasteiger partial charge in [0.25, 0.3) is 5.91 Å². The summed E-state index contributed by atoms with van der Waals surface area (Å²) in [6, 6.07) is 11.8. The molecule has 0 spiro atoms. The van der Waals surface area contributed by atoms with Crippen molar-refractivity contribution in [1.82, 2.24) is 0 Å². The van der Waals surface area contributed by atoms with Crippen LogP contribution in [-0.2, 0) is 5.41 Å². The van der Waals surface area contributed by atoms with Gasteiger partial charge in [-0.05, 0) is 35.2 Å². The number of para-hydroxylation sites is 1. The Bertz CT molecular complexity index is 655. The Morgan fingerprint density at radius 3 is 2.19 bits per heavy atom. The standard InChI is InChI=1S/C17H19NO3/c1-17(2,3)11-7-9-12(10-8-11)18-16(21)13-5-4-6-14(19)15(13)20/h4-10,19-20H,1-3H3,(H,18,21). The molecular weight excluding hydrogens is 266 g/mol. The maximum Gasteiger partial charge on any atom is 0.259 e. The van der Waals surface area contributed by atoms with Crippen LogP contribution in [0.5, 0.6) is 11.5 Å². The molecule has 0 unspecified atom stereocenters. The first-order chi connectivity index (χ1) is 9.79. The molecule has 4 nitrogen and oxygen atoms in total. The topological polar surface area (TPSA) is 69.6 Å². The summed E-state index contributed by atoms with van der Waals surface area (Å²) in [6.07, 6.45) is 0. The molecule has 0 saturated carbocycles. The molecule has 2 aromatic rings. The lowest BCUT2D eigenvalue weighted by Gasteiger charge is -2.19. The Morgan fingerprint density at radius 1 is 1.00 bits per heavy atom. The maximum absolute atomic E-state index is 12.1. The van der Waals surface area contributed by atoms with Crippen molar-refractivity contribution in [3.63, 3.8) is 0 Å². The highest BCUT2D eigenvalue weighted by Crippen LogP contribution is 2.29. The number of rotatable bonds is 2.